The normalized spacial score (nSPS) is 19.6. The first-order valence-electron chi connectivity index (χ1n) is 4.83. The van der Waals surface area contributed by atoms with E-state index in [0.717, 1.165) is 13.0 Å². The van der Waals surface area contributed by atoms with Crippen molar-refractivity contribution in [1.29, 1.82) is 0 Å². The number of hydrogen-bond donors (Lipinski definition) is 2. The van der Waals surface area contributed by atoms with Crippen molar-refractivity contribution in [2.45, 2.75) is 25.2 Å². The summed E-state index contributed by atoms with van der Waals surface area (Å²) >= 11 is 0. The fourth-order valence-electron chi connectivity index (χ4n) is 2.15. The van der Waals surface area contributed by atoms with Gasteiger partial charge in [-0.15, -0.1) is 17.0 Å². The molecule has 1 aliphatic rings. The highest BCUT2D eigenvalue weighted by molar-refractivity contribution is 8.93. The molecule has 0 radical (unpaired) electrons. The molecule has 0 saturated heterocycles. The number of benzene rings is 1. The number of halogens is 1. The third kappa shape index (κ3) is 2.10. The van der Waals surface area contributed by atoms with E-state index in [1.54, 1.807) is 6.07 Å². The van der Waals surface area contributed by atoms with Gasteiger partial charge in [0.25, 0.3) is 0 Å². The van der Waals surface area contributed by atoms with E-state index in [1.165, 1.54) is 24.0 Å². The molecule has 1 aromatic rings. The first-order chi connectivity index (χ1) is 6.31. The summed E-state index contributed by atoms with van der Waals surface area (Å²) in [5.74, 6) is 0.876. The van der Waals surface area contributed by atoms with Crippen LogP contribution < -0.4 is 5.73 Å². The van der Waals surface area contributed by atoms with Crippen molar-refractivity contribution in [3.8, 4) is 5.75 Å². The highest BCUT2D eigenvalue weighted by Crippen LogP contribution is 2.32. The third-order valence-electron chi connectivity index (χ3n) is 2.85. The Morgan fingerprint density at radius 2 is 2.21 bits per heavy atom. The maximum Gasteiger partial charge on any atom is 0.115 e. The molecule has 1 aromatic carbocycles. The average Bonchev–Trinajstić information content (AvgIpc) is 2.16. The number of phenols is 1. The first kappa shape index (κ1) is 11.5. The van der Waals surface area contributed by atoms with Crippen LogP contribution in [0, 0.1) is 0 Å². The number of nitrogens with two attached hydrogens (primary N) is 1. The van der Waals surface area contributed by atoms with Gasteiger partial charge in [-0.3, -0.25) is 0 Å². The Labute approximate surface area is 94.9 Å². The van der Waals surface area contributed by atoms with Crippen LogP contribution in [0.15, 0.2) is 18.2 Å². The fraction of sp³-hybridized carbons (Fsp3) is 0.455. The van der Waals surface area contributed by atoms with Gasteiger partial charge >= 0.3 is 0 Å². The highest BCUT2D eigenvalue weighted by atomic mass is 79.9. The average molecular weight is 258 g/mol. The van der Waals surface area contributed by atoms with Crippen LogP contribution in [0.3, 0.4) is 0 Å². The van der Waals surface area contributed by atoms with Crippen molar-refractivity contribution >= 4 is 17.0 Å². The van der Waals surface area contributed by atoms with E-state index < -0.39 is 0 Å². The van der Waals surface area contributed by atoms with Gasteiger partial charge < -0.3 is 10.8 Å². The largest absolute Gasteiger partial charge is 0.508 e. The quantitative estimate of drug-likeness (QED) is 0.812. The van der Waals surface area contributed by atoms with E-state index >= 15 is 0 Å². The topological polar surface area (TPSA) is 46.2 Å². The second-order valence-electron chi connectivity index (χ2n) is 3.71. The summed E-state index contributed by atoms with van der Waals surface area (Å²) in [5.41, 5.74) is 8.31. The molecule has 0 heterocycles. The van der Waals surface area contributed by atoms with Crippen LogP contribution >= 0.6 is 17.0 Å². The van der Waals surface area contributed by atoms with E-state index in [0.29, 0.717) is 11.7 Å². The predicted octanol–water partition coefficient (Wildman–Crippen LogP) is 2.35. The molecule has 3 heteroatoms. The Balaban J connectivity index is 0.000000980. The molecule has 0 aromatic heterocycles. The number of phenolic OH excluding ortho intramolecular Hbond substituents is 1. The molecule has 0 saturated carbocycles. The highest BCUT2D eigenvalue weighted by Gasteiger charge is 2.18. The van der Waals surface area contributed by atoms with Crippen LogP contribution in [0.25, 0.3) is 0 Å². The van der Waals surface area contributed by atoms with Crippen molar-refractivity contribution in [2.24, 2.45) is 5.73 Å². The van der Waals surface area contributed by atoms with Gasteiger partial charge in [-0.1, -0.05) is 6.07 Å². The predicted molar refractivity (Wildman–Crippen MR) is 63.2 cm³/mol. The molecule has 0 spiro atoms. The van der Waals surface area contributed by atoms with E-state index in [2.05, 4.69) is 0 Å². The molecule has 3 N–H and O–H groups in total. The molecule has 78 valence electrons. The van der Waals surface area contributed by atoms with E-state index in [4.69, 9.17) is 5.73 Å². The summed E-state index contributed by atoms with van der Waals surface area (Å²) in [6.45, 7) is 0.720. The van der Waals surface area contributed by atoms with Crippen molar-refractivity contribution < 1.29 is 5.11 Å². The van der Waals surface area contributed by atoms with Crippen LogP contribution in [-0.2, 0) is 6.42 Å². The maximum atomic E-state index is 9.32. The number of hydrogen-bond acceptors (Lipinski definition) is 2. The monoisotopic (exact) mass is 257 g/mol. The maximum absolute atomic E-state index is 9.32. The molecule has 1 aliphatic carbocycles. The zero-order valence-corrected chi connectivity index (χ0v) is 9.78. The number of rotatable bonds is 1. The number of aryl methyl sites for hydroxylation is 1. The molecule has 14 heavy (non-hydrogen) atoms. The van der Waals surface area contributed by atoms with Gasteiger partial charge in [-0.05, 0) is 55.0 Å². The lowest BCUT2D eigenvalue weighted by atomic mass is 9.83. The van der Waals surface area contributed by atoms with Crippen LogP contribution in [0.4, 0.5) is 0 Å². The molecular weight excluding hydrogens is 242 g/mol. The minimum atomic E-state index is 0. The molecule has 0 bridgehead atoms. The van der Waals surface area contributed by atoms with Crippen LogP contribution in [0.1, 0.15) is 29.9 Å². The Bertz CT molecular complexity index is 314. The van der Waals surface area contributed by atoms with Crippen LogP contribution in [0.2, 0.25) is 0 Å². The Morgan fingerprint density at radius 3 is 2.93 bits per heavy atom. The smallest absolute Gasteiger partial charge is 0.115 e. The van der Waals surface area contributed by atoms with Crippen molar-refractivity contribution in [3.63, 3.8) is 0 Å². The fourth-order valence-corrected chi connectivity index (χ4v) is 2.15. The Morgan fingerprint density at radius 1 is 1.43 bits per heavy atom. The standard InChI is InChI=1S/C11H15NO.BrH/c12-7-9-3-1-2-8-6-10(13)4-5-11(8)9;/h4-6,9,13H,1-3,7,12H2;1H/t9-;/m0./s1. The summed E-state index contributed by atoms with van der Waals surface area (Å²) in [5, 5.41) is 9.32. The van der Waals surface area contributed by atoms with Gasteiger partial charge in [0.05, 0.1) is 0 Å². The van der Waals surface area contributed by atoms with Crippen molar-refractivity contribution in [2.75, 3.05) is 6.54 Å². The molecule has 0 unspecified atom stereocenters. The Kier molecular flexibility index (Phi) is 3.96. The second kappa shape index (κ2) is 4.80. The lowest BCUT2D eigenvalue weighted by Gasteiger charge is -2.24. The summed E-state index contributed by atoms with van der Waals surface area (Å²) in [6.07, 6.45) is 3.47. The number of fused-ring (bicyclic) bond motifs is 1. The van der Waals surface area contributed by atoms with Gasteiger partial charge in [0.1, 0.15) is 5.75 Å². The zero-order valence-electron chi connectivity index (χ0n) is 8.07. The van der Waals surface area contributed by atoms with Gasteiger partial charge in [0.15, 0.2) is 0 Å². The van der Waals surface area contributed by atoms with Crippen molar-refractivity contribution in [3.05, 3.63) is 29.3 Å². The van der Waals surface area contributed by atoms with Crippen molar-refractivity contribution in [1.82, 2.24) is 0 Å². The van der Waals surface area contributed by atoms with E-state index in [9.17, 15) is 5.11 Å². The van der Waals surface area contributed by atoms with Crippen LogP contribution in [0.5, 0.6) is 5.75 Å². The summed E-state index contributed by atoms with van der Waals surface area (Å²) in [4.78, 5) is 0. The number of aromatic hydroxyl groups is 1. The lowest BCUT2D eigenvalue weighted by Crippen LogP contribution is -2.17. The van der Waals surface area contributed by atoms with Gasteiger partial charge in [-0.2, -0.15) is 0 Å². The molecule has 0 aliphatic heterocycles. The van der Waals surface area contributed by atoms with Gasteiger partial charge in [-0.25, -0.2) is 0 Å². The summed E-state index contributed by atoms with van der Waals surface area (Å²) in [7, 11) is 0. The Hall–Kier alpha value is -0.540. The molecule has 2 rings (SSSR count). The minimum Gasteiger partial charge on any atom is -0.508 e. The molecule has 1 atom stereocenters. The summed E-state index contributed by atoms with van der Waals surface area (Å²) in [6, 6.07) is 5.64. The summed E-state index contributed by atoms with van der Waals surface area (Å²) < 4.78 is 0. The third-order valence-corrected chi connectivity index (χ3v) is 2.85. The minimum absolute atomic E-state index is 0. The molecule has 2 nitrogen and oxygen atoms in total. The molecular formula is C11H16BrNO. The van der Waals surface area contributed by atoms with E-state index in [-0.39, 0.29) is 17.0 Å². The molecule has 0 fully saturated rings. The lowest BCUT2D eigenvalue weighted by molar-refractivity contribution is 0.471. The van der Waals surface area contributed by atoms with E-state index in [1.807, 2.05) is 12.1 Å². The molecule has 0 amide bonds. The SMILES string of the molecule is Br.NC[C@@H]1CCCc2cc(O)ccc21. The zero-order chi connectivity index (χ0) is 9.26. The van der Waals surface area contributed by atoms with Gasteiger partial charge in [0, 0.05) is 0 Å². The second-order valence-corrected chi connectivity index (χ2v) is 3.71. The first-order valence-corrected chi connectivity index (χ1v) is 4.83. The van der Waals surface area contributed by atoms with Gasteiger partial charge in [0.2, 0.25) is 0 Å². The van der Waals surface area contributed by atoms with Crippen LogP contribution in [-0.4, -0.2) is 11.7 Å².